The molecule has 6 nitrogen and oxygen atoms in total. The van der Waals surface area contributed by atoms with Crippen molar-refractivity contribution in [1.29, 1.82) is 0 Å². The van der Waals surface area contributed by atoms with Gasteiger partial charge in [0.15, 0.2) is 0 Å². The number of benzene rings is 2. The lowest BCUT2D eigenvalue weighted by molar-refractivity contribution is 0.0342. The van der Waals surface area contributed by atoms with Crippen LogP contribution in [-0.2, 0) is 11.3 Å². The molecule has 0 aliphatic carbocycles. The van der Waals surface area contributed by atoms with E-state index in [1.807, 2.05) is 30.3 Å². The monoisotopic (exact) mass is 422 g/mol. The van der Waals surface area contributed by atoms with E-state index in [0.29, 0.717) is 11.6 Å². The molecule has 0 unspecified atom stereocenters. The third kappa shape index (κ3) is 5.64. The fourth-order valence-corrected chi connectivity index (χ4v) is 4.29. The second-order valence-corrected chi connectivity index (χ2v) is 8.66. The molecule has 6 heteroatoms. The van der Waals surface area contributed by atoms with Gasteiger partial charge in [-0.3, -0.25) is 14.6 Å². The SMILES string of the molecule is CC(C)N1CCN(c2ccc(C(=O)Nc3ccccc3CN3CCOCC3)cc2)CC1. The van der Waals surface area contributed by atoms with Crippen molar-refractivity contribution < 1.29 is 9.53 Å². The molecular formula is C25H34N4O2. The number of piperazine rings is 1. The summed E-state index contributed by atoms with van der Waals surface area (Å²) in [5.41, 5.74) is 3.89. The third-order valence-corrected chi connectivity index (χ3v) is 6.30. The summed E-state index contributed by atoms with van der Waals surface area (Å²) in [7, 11) is 0. The second kappa shape index (κ2) is 10.3. The normalized spacial score (nSPS) is 18.4. The molecule has 0 saturated carbocycles. The highest BCUT2D eigenvalue weighted by Crippen LogP contribution is 2.21. The number of nitrogens with zero attached hydrogens (tertiary/aromatic N) is 3. The van der Waals surface area contributed by atoms with Gasteiger partial charge in [0.2, 0.25) is 0 Å². The van der Waals surface area contributed by atoms with E-state index in [2.05, 4.69) is 52.1 Å². The third-order valence-electron chi connectivity index (χ3n) is 6.30. The van der Waals surface area contributed by atoms with Gasteiger partial charge in [-0.2, -0.15) is 0 Å². The van der Waals surface area contributed by atoms with Gasteiger partial charge in [0.25, 0.3) is 5.91 Å². The number of anilines is 2. The highest BCUT2D eigenvalue weighted by Gasteiger charge is 2.19. The van der Waals surface area contributed by atoms with Crippen molar-refractivity contribution >= 4 is 17.3 Å². The summed E-state index contributed by atoms with van der Waals surface area (Å²) in [5, 5.41) is 3.12. The Kier molecular flexibility index (Phi) is 7.22. The number of morpholine rings is 1. The van der Waals surface area contributed by atoms with Crippen LogP contribution in [0.25, 0.3) is 0 Å². The van der Waals surface area contributed by atoms with Gasteiger partial charge in [-0.05, 0) is 49.7 Å². The molecule has 0 atom stereocenters. The summed E-state index contributed by atoms with van der Waals surface area (Å²) in [4.78, 5) is 20.2. The summed E-state index contributed by atoms with van der Waals surface area (Å²) < 4.78 is 5.44. The predicted molar refractivity (Wildman–Crippen MR) is 126 cm³/mol. The standard InChI is InChI=1S/C25H34N4O2/c1-20(2)28-11-13-29(14-12-28)23-9-7-21(8-10-23)25(30)26-24-6-4-3-5-22(24)19-27-15-17-31-18-16-27/h3-10,20H,11-19H2,1-2H3,(H,26,30). The van der Waals surface area contributed by atoms with Crippen molar-refractivity contribution in [3.05, 3.63) is 59.7 Å². The molecule has 2 aliphatic rings. The molecule has 31 heavy (non-hydrogen) atoms. The summed E-state index contributed by atoms with van der Waals surface area (Å²) >= 11 is 0. The zero-order chi connectivity index (χ0) is 21.6. The van der Waals surface area contributed by atoms with Crippen LogP contribution < -0.4 is 10.2 Å². The number of carbonyl (C=O) groups is 1. The number of para-hydroxylation sites is 1. The Morgan fingerprint density at radius 2 is 1.61 bits per heavy atom. The molecular weight excluding hydrogens is 388 g/mol. The Labute approximate surface area is 185 Å². The minimum absolute atomic E-state index is 0.0643. The molecule has 0 radical (unpaired) electrons. The van der Waals surface area contributed by atoms with Crippen molar-refractivity contribution in [2.24, 2.45) is 0 Å². The zero-order valence-corrected chi connectivity index (χ0v) is 18.7. The van der Waals surface area contributed by atoms with Crippen LogP contribution in [0.2, 0.25) is 0 Å². The Morgan fingerprint density at radius 3 is 2.29 bits per heavy atom. The van der Waals surface area contributed by atoms with Crippen molar-refractivity contribution in [3.8, 4) is 0 Å². The number of hydrogen-bond donors (Lipinski definition) is 1. The highest BCUT2D eigenvalue weighted by molar-refractivity contribution is 6.04. The maximum Gasteiger partial charge on any atom is 0.255 e. The van der Waals surface area contributed by atoms with E-state index in [4.69, 9.17) is 4.74 Å². The van der Waals surface area contributed by atoms with Crippen molar-refractivity contribution in [2.45, 2.75) is 26.4 Å². The Bertz CT molecular complexity index is 854. The minimum atomic E-state index is -0.0643. The van der Waals surface area contributed by atoms with Crippen LogP contribution in [0, 0.1) is 0 Å². The highest BCUT2D eigenvalue weighted by atomic mass is 16.5. The van der Waals surface area contributed by atoms with E-state index in [1.54, 1.807) is 0 Å². The molecule has 1 N–H and O–H groups in total. The fraction of sp³-hybridized carbons (Fsp3) is 0.480. The molecule has 2 saturated heterocycles. The van der Waals surface area contributed by atoms with Gasteiger partial charge in [0, 0.05) is 68.8 Å². The van der Waals surface area contributed by atoms with Crippen LogP contribution in [0.15, 0.2) is 48.5 Å². The lowest BCUT2D eigenvalue weighted by atomic mass is 10.1. The van der Waals surface area contributed by atoms with Crippen LogP contribution in [0.5, 0.6) is 0 Å². The smallest absolute Gasteiger partial charge is 0.255 e. The molecule has 2 aliphatic heterocycles. The van der Waals surface area contributed by atoms with Crippen LogP contribution in [0.1, 0.15) is 29.8 Å². The molecule has 0 spiro atoms. The fourth-order valence-electron chi connectivity index (χ4n) is 4.29. The quantitative estimate of drug-likeness (QED) is 0.774. The van der Waals surface area contributed by atoms with Gasteiger partial charge in [-0.15, -0.1) is 0 Å². The first kappa shape index (κ1) is 21.8. The first-order valence-corrected chi connectivity index (χ1v) is 11.4. The van der Waals surface area contributed by atoms with E-state index < -0.39 is 0 Å². The van der Waals surface area contributed by atoms with Crippen LogP contribution in [0.3, 0.4) is 0 Å². The number of nitrogens with one attached hydrogen (secondary N) is 1. The van der Waals surface area contributed by atoms with Gasteiger partial charge < -0.3 is 15.0 Å². The zero-order valence-electron chi connectivity index (χ0n) is 18.7. The van der Waals surface area contributed by atoms with Crippen LogP contribution >= 0.6 is 0 Å². The molecule has 1 amide bonds. The lowest BCUT2D eigenvalue weighted by Gasteiger charge is -2.38. The van der Waals surface area contributed by atoms with Gasteiger partial charge in [-0.25, -0.2) is 0 Å². The summed E-state index contributed by atoms with van der Waals surface area (Å²) in [6, 6.07) is 16.7. The van der Waals surface area contributed by atoms with Crippen molar-refractivity contribution in [3.63, 3.8) is 0 Å². The number of hydrogen-bond acceptors (Lipinski definition) is 5. The number of carbonyl (C=O) groups excluding carboxylic acids is 1. The molecule has 4 rings (SSSR count). The van der Waals surface area contributed by atoms with E-state index in [0.717, 1.165) is 70.3 Å². The van der Waals surface area contributed by atoms with Crippen molar-refractivity contribution in [1.82, 2.24) is 9.80 Å². The summed E-state index contributed by atoms with van der Waals surface area (Å²) in [6.45, 7) is 12.9. The van der Waals surface area contributed by atoms with Gasteiger partial charge in [-0.1, -0.05) is 18.2 Å². The van der Waals surface area contributed by atoms with E-state index >= 15 is 0 Å². The van der Waals surface area contributed by atoms with Gasteiger partial charge in [0.05, 0.1) is 13.2 Å². The number of amides is 1. The average Bonchev–Trinajstić information content (AvgIpc) is 2.81. The first-order valence-electron chi connectivity index (χ1n) is 11.4. The van der Waals surface area contributed by atoms with E-state index in [-0.39, 0.29) is 5.91 Å². The minimum Gasteiger partial charge on any atom is -0.379 e. The summed E-state index contributed by atoms with van der Waals surface area (Å²) in [6.07, 6.45) is 0. The topological polar surface area (TPSA) is 48.0 Å². The Morgan fingerprint density at radius 1 is 0.935 bits per heavy atom. The molecule has 2 heterocycles. The van der Waals surface area contributed by atoms with Crippen molar-refractivity contribution in [2.75, 3.05) is 62.7 Å². The average molecular weight is 423 g/mol. The molecule has 2 aromatic carbocycles. The second-order valence-electron chi connectivity index (χ2n) is 8.66. The lowest BCUT2D eigenvalue weighted by Crippen LogP contribution is -2.48. The van der Waals surface area contributed by atoms with Gasteiger partial charge in [0.1, 0.15) is 0 Å². The van der Waals surface area contributed by atoms with Gasteiger partial charge >= 0.3 is 0 Å². The maximum atomic E-state index is 12.9. The Balaban J connectivity index is 1.37. The number of ether oxygens (including phenoxy) is 1. The first-order chi connectivity index (χ1) is 15.1. The predicted octanol–water partition coefficient (Wildman–Crippen LogP) is 3.30. The molecule has 2 aromatic rings. The largest absolute Gasteiger partial charge is 0.379 e. The molecule has 2 fully saturated rings. The Hall–Kier alpha value is -2.41. The molecule has 166 valence electrons. The maximum absolute atomic E-state index is 12.9. The summed E-state index contributed by atoms with van der Waals surface area (Å²) in [5.74, 6) is -0.0643. The van der Waals surface area contributed by atoms with E-state index in [9.17, 15) is 4.79 Å². The molecule has 0 aromatic heterocycles. The van der Waals surface area contributed by atoms with E-state index in [1.165, 1.54) is 5.69 Å². The van der Waals surface area contributed by atoms with Crippen LogP contribution in [-0.4, -0.2) is 74.2 Å². The molecule has 0 bridgehead atoms. The number of rotatable bonds is 6. The van der Waals surface area contributed by atoms with Crippen LogP contribution in [0.4, 0.5) is 11.4 Å².